The largest absolute Gasteiger partial charge is 0.352 e. The molecule has 2 aromatic carbocycles. The first-order chi connectivity index (χ1) is 16.7. The number of benzene rings is 2. The number of hydrogen-bond donors (Lipinski definition) is 0. The van der Waals surface area contributed by atoms with Gasteiger partial charge in [-0.15, -0.1) is 12.4 Å². The number of aromatic nitrogens is 4. The highest BCUT2D eigenvalue weighted by Crippen LogP contribution is 2.28. The van der Waals surface area contributed by atoms with E-state index in [1.807, 2.05) is 47.1 Å². The van der Waals surface area contributed by atoms with E-state index in [-0.39, 0.29) is 12.4 Å². The Morgan fingerprint density at radius 1 is 0.914 bits per heavy atom. The molecular formula is C27H28ClN7. The predicted molar refractivity (Wildman–Crippen MR) is 140 cm³/mol. The molecule has 0 unspecified atom stereocenters. The van der Waals surface area contributed by atoms with Crippen molar-refractivity contribution in [3.8, 4) is 23.0 Å². The van der Waals surface area contributed by atoms with Gasteiger partial charge in [-0.3, -0.25) is 9.88 Å². The van der Waals surface area contributed by atoms with E-state index in [2.05, 4.69) is 51.1 Å². The van der Waals surface area contributed by atoms with Crippen molar-refractivity contribution in [1.29, 1.82) is 5.26 Å². The molecule has 4 aromatic rings. The average Bonchev–Trinajstić information content (AvgIpc) is 3.26. The van der Waals surface area contributed by atoms with Gasteiger partial charge in [-0.25, -0.2) is 9.67 Å². The van der Waals surface area contributed by atoms with Crippen LogP contribution in [0.25, 0.3) is 16.9 Å². The van der Waals surface area contributed by atoms with Crippen molar-refractivity contribution >= 4 is 18.2 Å². The molecule has 1 aliphatic rings. The van der Waals surface area contributed by atoms with E-state index < -0.39 is 0 Å². The second-order valence-electron chi connectivity index (χ2n) is 8.54. The van der Waals surface area contributed by atoms with Gasteiger partial charge in [0.05, 0.1) is 23.9 Å². The number of anilines is 1. The van der Waals surface area contributed by atoms with Crippen LogP contribution in [0.3, 0.4) is 0 Å². The Bertz CT molecular complexity index is 1290. The molecule has 0 bridgehead atoms. The monoisotopic (exact) mass is 485 g/mol. The number of piperazine rings is 1. The standard InChI is InChI=1S/C27H27N7.ClH/c1-21-24(20-34(31-21)25-5-3-2-4-6-25)19-32-15-17-33(18-16-32)27-26(29-13-14-30-27)23-9-7-22(8-10-23)11-12-28;/h2-10,13-14,20H,11,15-19H2,1H3;1H. The lowest BCUT2D eigenvalue weighted by atomic mass is 10.1. The van der Waals surface area contributed by atoms with E-state index >= 15 is 0 Å². The van der Waals surface area contributed by atoms with Gasteiger partial charge in [-0.2, -0.15) is 10.4 Å². The average molecular weight is 486 g/mol. The van der Waals surface area contributed by atoms with Crippen molar-refractivity contribution in [2.45, 2.75) is 19.9 Å². The summed E-state index contributed by atoms with van der Waals surface area (Å²) in [5, 5.41) is 13.6. The molecule has 0 spiro atoms. The highest BCUT2D eigenvalue weighted by atomic mass is 35.5. The Balaban J connectivity index is 0.00000289. The summed E-state index contributed by atoms with van der Waals surface area (Å²) in [4.78, 5) is 14.1. The minimum Gasteiger partial charge on any atom is -0.352 e. The Morgan fingerprint density at radius 2 is 1.63 bits per heavy atom. The van der Waals surface area contributed by atoms with Crippen LogP contribution >= 0.6 is 12.4 Å². The van der Waals surface area contributed by atoms with Crippen molar-refractivity contribution in [1.82, 2.24) is 24.6 Å². The van der Waals surface area contributed by atoms with Crippen molar-refractivity contribution in [3.05, 3.63) is 90.0 Å². The molecule has 1 saturated heterocycles. The topological polar surface area (TPSA) is 73.9 Å². The van der Waals surface area contributed by atoms with Crippen molar-refractivity contribution in [2.75, 3.05) is 31.1 Å². The molecule has 2 aromatic heterocycles. The van der Waals surface area contributed by atoms with Crippen LogP contribution in [0.15, 0.2) is 73.2 Å². The quantitative estimate of drug-likeness (QED) is 0.401. The van der Waals surface area contributed by atoms with Crippen LogP contribution in [-0.4, -0.2) is 50.8 Å². The molecule has 3 heterocycles. The number of rotatable bonds is 6. The zero-order chi connectivity index (χ0) is 23.3. The number of aryl methyl sites for hydroxylation is 1. The highest BCUT2D eigenvalue weighted by Gasteiger charge is 2.22. The number of nitriles is 1. The van der Waals surface area contributed by atoms with Crippen LogP contribution in [0.2, 0.25) is 0 Å². The lowest BCUT2D eigenvalue weighted by Gasteiger charge is -2.35. The molecule has 1 aliphatic heterocycles. The summed E-state index contributed by atoms with van der Waals surface area (Å²) in [6.07, 6.45) is 6.06. The molecule has 5 rings (SSSR count). The summed E-state index contributed by atoms with van der Waals surface area (Å²) in [6, 6.07) is 20.5. The van der Waals surface area contributed by atoms with Crippen molar-refractivity contribution in [3.63, 3.8) is 0 Å². The fraction of sp³-hybridized carbons (Fsp3) is 0.259. The Morgan fingerprint density at radius 3 is 2.34 bits per heavy atom. The normalized spacial score (nSPS) is 13.8. The number of nitrogens with zero attached hydrogens (tertiary/aromatic N) is 7. The van der Waals surface area contributed by atoms with Crippen molar-refractivity contribution in [2.24, 2.45) is 0 Å². The molecule has 8 heteroatoms. The van der Waals surface area contributed by atoms with E-state index in [4.69, 9.17) is 10.4 Å². The van der Waals surface area contributed by atoms with Crippen LogP contribution in [0, 0.1) is 18.3 Å². The van der Waals surface area contributed by atoms with Gasteiger partial charge in [0.15, 0.2) is 5.82 Å². The zero-order valence-corrected chi connectivity index (χ0v) is 20.5. The summed E-state index contributed by atoms with van der Waals surface area (Å²) in [7, 11) is 0. The molecule has 178 valence electrons. The molecule has 0 amide bonds. The Kier molecular flexibility index (Phi) is 7.76. The SMILES string of the molecule is Cc1nn(-c2ccccc2)cc1CN1CCN(c2nccnc2-c2ccc(CC#N)cc2)CC1.Cl. The van der Waals surface area contributed by atoms with Gasteiger partial charge in [-0.1, -0.05) is 42.5 Å². The summed E-state index contributed by atoms with van der Waals surface area (Å²) >= 11 is 0. The maximum atomic E-state index is 8.92. The Hall–Kier alpha value is -3.73. The Labute approximate surface area is 212 Å². The van der Waals surface area contributed by atoms with E-state index in [0.29, 0.717) is 6.42 Å². The van der Waals surface area contributed by atoms with Gasteiger partial charge in [0, 0.05) is 62.4 Å². The van der Waals surface area contributed by atoms with Gasteiger partial charge < -0.3 is 4.90 Å². The first kappa shape index (κ1) is 24.4. The molecule has 0 atom stereocenters. The van der Waals surface area contributed by atoms with Crippen LogP contribution in [-0.2, 0) is 13.0 Å². The first-order valence-electron chi connectivity index (χ1n) is 11.6. The second kappa shape index (κ2) is 11.1. The lowest BCUT2D eigenvalue weighted by Crippen LogP contribution is -2.46. The molecule has 1 fully saturated rings. The molecule has 35 heavy (non-hydrogen) atoms. The molecule has 0 radical (unpaired) electrons. The molecule has 7 nitrogen and oxygen atoms in total. The van der Waals surface area contributed by atoms with Gasteiger partial charge >= 0.3 is 0 Å². The maximum absolute atomic E-state index is 8.92. The van der Waals surface area contributed by atoms with Crippen LogP contribution in [0.1, 0.15) is 16.8 Å². The zero-order valence-electron chi connectivity index (χ0n) is 19.7. The van der Waals surface area contributed by atoms with Crippen LogP contribution < -0.4 is 4.90 Å². The smallest absolute Gasteiger partial charge is 0.155 e. The fourth-order valence-corrected chi connectivity index (χ4v) is 4.36. The second-order valence-corrected chi connectivity index (χ2v) is 8.54. The minimum absolute atomic E-state index is 0. The highest BCUT2D eigenvalue weighted by molar-refractivity contribution is 5.85. The fourth-order valence-electron chi connectivity index (χ4n) is 4.36. The summed E-state index contributed by atoms with van der Waals surface area (Å²) < 4.78 is 1.97. The van der Waals surface area contributed by atoms with Crippen LogP contribution in [0.4, 0.5) is 5.82 Å². The predicted octanol–water partition coefficient (Wildman–Crippen LogP) is 4.45. The van der Waals surface area contributed by atoms with E-state index in [0.717, 1.165) is 66.7 Å². The summed E-state index contributed by atoms with van der Waals surface area (Å²) in [6.45, 7) is 6.66. The molecule has 0 saturated carbocycles. The van der Waals surface area contributed by atoms with Crippen LogP contribution in [0.5, 0.6) is 0 Å². The van der Waals surface area contributed by atoms with Gasteiger partial charge in [0.25, 0.3) is 0 Å². The number of hydrogen-bond acceptors (Lipinski definition) is 6. The third kappa shape index (κ3) is 5.51. The number of halogens is 1. The van der Waals surface area contributed by atoms with Gasteiger partial charge in [0.2, 0.25) is 0 Å². The molecule has 0 N–H and O–H groups in total. The molecular weight excluding hydrogens is 458 g/mol. The lowest BCUT2D eigenvalue weighted by molar-refractivity contribution is 0.249. The van der Waals surface area contributed by atoms with E-state index in [1.165, 1.54) is 5.56 Å². The van der Waals surface area contributed by atoms with E-state index in [1.54, 1.807) is 12.4 Å². The summed E-state index contributed by atoms with van der Waals surface area (Å²) in [5.41, 5.74) is 6.33. The van der Waals surface area contributed by atoms with Gasteiger partial charge in [-0.05, 0) is 24.6 Å². The minimum atomic E-state index is 0. The van der Waals surface area contributed by atoms with Crippen molar-refractivity contribution < 1.29 is 0 Å². The summed E-state index contributed by atoms with van der Waals surface area (Å²) in [5.74, 6) is 0.920. The van der Waals surface area contributed by atoms with E-state index in [9.17, 15) is 0 Å². The first-order valence-corrected chi connectivity index (χ1v) is 11.6. The maximum Gasteiger partial charge on any atom is 0.155 e. The molecule has 0 aliphatic carbocycles. The number of para-hydroxylation sites is 1. The third-order valence-electron chi connectivity index (χ3n) is 6.28. The van der Waals surface area contributed by atoms with Gasteiger partial charge in [0.1, 0.15) is 5.69 Å². The third-order valence-corrected chi connectivity index (χ3v) is 6.28.